The van der Waals surface area contributed by atoms with Crippen molar-refractivity contribution < 1.29 is 4.79 Å². The van der Waals surface area contributed by atoms with Gasteiger partial charge in [0.2, 0.25) is 0 Å². The standard InChI is InChI=1S/C19H17N5O/c1-11-8-12(2)24-17(22-11)13(9-21-24)18(25)23-16-5-3-4-14-15-10-20-7-6-19(14,15)16/h3-10,14-15,22H,1H2,2H3,(H,23,25). The predicted octanol–water partition coefficient (Wildman–Crippen LogP) is 2.70. The maximum Gasteiger partial charge on any atom is 0.260 e. The molecule has 6 heteroatoms. The van der Waals surface area contributed by atoms with Crippen molar-refractivity contribution in [2.75, 3.05) is 5.32 Å². The van der Waals surface area contributed by atoms with Crippen molar-refractivity contribution in [3.63, 3.8) is 0 Å². The molecule has 1 spiro atoms. The zero-order chi connectivity index (χ0) is 17.2. The number of hydrogen-bond acceptors (Lipinski definition) is 4. The Balaban J connectivity index is 1.46. The average molecular weight is 331 g/mol. The molecule has 25 heavy (non-hydrogen) atoms. The quantitative estimate of drug-likeness (QED) is 0.875. The topological polar surface area (TPSA) is 71.3 Å². The predicted molar refractivity (Wildman–Crippen MR) is 96.7 cm³/mol. The number of anilines is 1. The molecule has 1 fully saturated rings. The van der Waals surface area contributed by atoms with E-state index in [2.05, 4.69) is 39.5 Å². The molecule has 2 aliphatic carbocycles. The Morgan fingerprint density at radius 2 is 2.32 bits per heavy atom. The monoisotopic (exact) mass is 331 g/mol. The lowest BCUT2D eigenvalue weighted by Gasteiger charge is -2.22. The Hall–Kier alpha value is -3.15. The second kappa shape index (κ2) is 4.69. The molecule has 0 aromatic carbocycles. The van der Waals surface area contributed by atoms with E-state index < -0.39 is 0 Å². The van der Waals surface area contributed by atoms with Crippen LogP contribution in [0, 0.1) is 17.3 Å². The Labute approximate surface area is 145 Å². The molecule has 6 nitrogen and oxygen atoms in total. The van der Waals surface area contributed by atoms with Gasteiger partial charge < -0.3 is 10.6 Å². The number of fused-ring (bicyclic) bond motifs is 2. The lowest BCUT2D eigenvalue weighted by Crippen LogP contribution is -2.30. The summed E-state index contributed by atoms with van der Waals surface area (Å²) in [6, 6.07) is 0. The number of nitrogens with zero attached hydrogens (tertiary/aromatic N) is 3. The van der Waals surface area contributed by atoms with Crippen molar-refractivity contribution in [1.82, 2.24) is 15.1 Å². The van der Waals surface area contributed by atoms with Crippen LogP contribution < -0.4 is 10.6 Å². The van der Waals surface area contributed by atoms with Gasteiger partial charge in [-0.05, 0) is 19.1 Å². The lowest BCUT2D eigenvalue weighted by molar-refractivity contribution is 0.0962. The van der Waals surface area contributed by atoms with Crippen LogP contribution in [0.5, 0.6) is 0 Å². The fraction of sp³-hybridized carbons (Fsp3) is 0.211. The second-order valence-electron chi connectivity index (χ2n) is 6.77. The molecule has 0 bridgehead atoms. The Kier molecular flexibility index (Phi) is 2.67. The highest BCUT2D eigenvalue weighted by Crippen LogP contribution is 2.65. The van der Waals surface area contributed by atoms with Crippen molar-refractivity contribution in [1.29, 1.82) is 0 Å². The summed E-state index contributed by atoms with van der Waals surface area (Å²) in [5.74, 6) is 1.18. The van der Waals surface area contributed by atoms with Crippen LogP contribution in [0.15, 0.2) is 65.7 Å². The molecule has 1 aromatic rings. The van der Waals surface area contributed by atoms with Crippen LogP contribution in [-0.2, 0) is 0 Å². The third-order valence-electron chi connectivity index (χ3n) is 5.37. The lowest BCUT2D eigenvalue weighted by atomic mass is 9.93. The zero-order valence-electron chi connectivity index (χ0n) is 13.7. The summed E-state index contributed by atoms with van der Waals surface area (Å²) in [6.07, 6.45) is 15.5. The largest absolute Gasteiger partial charge is 0.340 e. The van der Waals surface area contributed by atoms with Crippen LogP contribution in [-0.4, -0.2) is 21.9 Å². The van der Waals surface area contributed by atoms with E-state index in [-0.39, 0.29) is 11.3 Å². The van der Waals surface area contributed by atoms with Crippen molar-refractivity contribution in [2.45, 2.75) is 6.92 Å². The van der Waals surface area contributed by atoms with Crippen LogP contribution in [0.4, 0.5) is 5.82 Å². The van der Waals surface area contributed by atoms with E-state index in [1.165, 1.54) is 0 Å². The van der Waals surface area contributed by atoms with E-state index in [1.807, 2.05) is 37.6 Å². The molecular formula is C19H17N5O. The van der Waals surface area contributed by atoms with Crippen LogP contribution >= 0.6 is 0 Å². The van der Waals surface area contributed by atoms with Gasteiger partial charge in [0.25, 0.3) is 5.91 Å². The van der Waals surface area contributed by atoms with E-state index >= 15 is 0 Å². The Morgan fingerprint density at radius 3 is 3.20 bits per heavy atom. The second-order valence-corrected chi connectivity index (χ2v) is 6.77. The van der Waals surface area contributed by atoms with Gasteiger partial charge >= 0.3 is 0 Å². The molecule has 0 saturated heterocycles. The molecular weight excluding hydrogens is 314 g/mol. The number of hydrogen-bond donors (Lipinski definition) is 2. The van der Waals surface area contributed by atoms with Gasteiger partial charge in [0.1, 0.15) is 11.4 Å². The van der Waals surface area contributed by atoms with Gasteiger partial charge in [0, 0.05) is 46.8 Å². The maximum atomic E-state index is 12.9. The van der Waals surface area contributed by atoms with Crippen molar-refractivity contribution in [3.05, 3.63) is 66.3 Å². The highest BCUT2D eigenvalue weighted by atomic mass is 16.1. The van der Waals surface area contributed by atoms with Crippen molar-refractivity contribution in [3.8, 4) is 0 Å². The highest BCUT2D eigenvalue weighted by molar-refractivity contribution is 6.01. The smallest absolute Gasteiger partial charge is 0.260 e. The fourth-order valence-electron chi connectivity index (χ4n) is 4.10. The number of amides is 1. The number of aliphatic imine (C=N–C) groups is 1. The van der Waals surface area contributed by atoms with Gasteiger partial charge in [-0.15, -0.1) is 0 Å². The molecule has 1 saturated carbocycles. The average Bonchev–Trinajstić information content (AvgIpc) is 3.09. The first kappa shape index (κ1) is 14.2. The molecule has 5 rings (SSSR count). The maximum absolute atomic E-state index is 12.9. The third kappa shape index (κ3) is 1.82. The summed E-state index contributed by atoms with van der Waals surface area (Å²) in [6.45, 7) is 5.86. The number of carbonyl (C=O) groups excluding carboxylic acids is 1. The summed E-state index contributed by atoms with van der Waals surface area (Å²) in [5, 5.41) is 10.5. The van der Waals surface area contributed by atoms with Gasteiger partial charge in [0.15, 0.2) is 0 Å². The number of aromatic nitrogens is 2. The first-order chi connectivity index (χ1) is 12.1. The van der Waals surface area contributed by atoms with Gasteiger partial charge in [-0.3, -0.25) is 9.79 Å². The van der Waals surface area contributed by atoms with Crippen LogP contribution in [0.3, 0.4) is 0 Å². The molecule has 4 aliphatic rings. The molecule has 3 heterocycles. The van der Waals surface area contributed by atoms with Crippen LogP contribution in [0.25, 0.3) is 5.70 Å². The van der Waals surface area contributed by atoms with Gasteiger partial charge in [-0.2, -0.15) is 5.10 Å². The molecule has 3 unspecified atom stereocenters. The first-order valence-electron chi connectivity index (χ1n) is 8.25. The zero-order valence-corrected chi connectivity index (χ0v) is 13.7. The summed E-state index contributed by atoms with van der Waals surface area (Å²) in [5.41, 5.74) is 2.94. The molecule has 1 aromatic heterocycles. The van der Waals surface area contributed by atoms with Gasteiger partial charge in [-0.25, -0.2) is 4.68 Å². The minimum Gasteiger partial charge on any atom is -0.340 e. The molecule has 2 aliphatic heterocycles. The summed E-state index contributed by atoms with van der Waals surface area (Å²) < 4.78 is 1.72. The molecule has 3 atom stereocenters. The molecule has 124 valence electrons. The Bertz CT molecular complexity index is 968. The van der Waals surface area contributed by atoms with E-state index in [9.17, 15) is 4.79 Å². The molecule has 1 amide bonds. The summed E-state index contributed by atoms with van der Waals surface area (Å²) in [4.78, 5) is 17.2. The minimum absolute atomic E-state index is 0.147. The van der Waals surface area contributed by atoms with E-state index in [1.54, 1.807) is 10.9 Å². The first-order valence-corrected chi connectivity index (χ1v) is 8.25. The van der Waals surface area contributed by atoms with E-state index in [4.69, 9.17) is 0 Å². The van der Waals surface area contributed by atoms with Crippen LogP contribution in [0.1, 0.15) is 17.3 Å². The minimum atomic E-state index is -0.174. The van der Waals surface area contributed by atoms with Crippen molar-refractivity contribution >= 4 is 23.6 Å². The van der Waals surface area contributed by atoms with Gasteiger partial charge in [-0.1, -0.05) is 24.8 Å². The third-order valence-corrected chi connectivity index (χ3v) is 5.37. The SMILES string of the molecule is C=C1C=C(C)n2ncc(C(=O)NC3=CC=CC4C5C=NC=CC345)c2N1. The molecule has 0 radical (unpaired) electrons. The highest BCUT2D eigenvalue weighted by Gasteiger charge is 2.65. The van der Waals surface area contributed by atoms with E-state index in [0.29, 0.717) is 23.2 Å². The molecule has 2 N–H and O–H groups in total. The number of allylic oxidation sites excluding steroid dienone is 6. The Morgan fingerprint density at radius 1 is 1.44 bits per heavy atom. The van der Waals surface area contributed by atoms with Crippen molar-refractivity contribution in [2.24, 2.45) is 22.2 Å². The van der Waals surface area contributed by atoms with Crippen LogP contribution in [0.2, 0.25) is 0 Å². The van der Waals surface area contributed by atoms with E-state index in [0.717, 1.165) is 17.1 Å². The number of rotatable bonds is 2. The normalized spacial score (nSPS) is 30.5. The number of nitrogens with one attached hydrogen (secondary N) is 2. The summed E-state index contributed by atoms with van der Waals surface area (Å²) >= 11 is 0. The fourth-order valence-corrected chi connectivity index (χ4v) is 4.10. The summed E-state index contributed by atoms with van der Waals surface area (Å²) in [7, 11) is 0. The van der Waals surface area contributed by atoms with Gasteiger partial charge in [0.05, 0.1) is 6.20 Å². The number of carbonyl (C=O) groups is 1.